The molecule has 1 aliphatic heterocycles. The number of nitrogens with one attached hydrogen (secondary N) is 2. The minimum Gasteiger partial charge on any atom is -0.351 e. The first kappa shape index (κ1) is 19.2. The van der Waals surface area contributed by atoms with Crippen molar-refractivity contribution >= 4 is 11.9 Å². The molecular formula is C19H28FN3O2. The second-order valence-corrected chi connectivity index (χ2v) is 7.47. The van der Waals surface area contributed by atoms with Crippen LogP contribution in [0.3, 0.4) is 0 Å². The number of urea groups is 1. The molecular weight excluding hydrogens is 321 g/mol. The number of hydrogen-bond acceptors (Lipinski definition) is 2. The summed E-state index contributed by atoms with van der Waals surface area (Å²) in [5.74, 6) is 0.0229. The molecule has 2 rings (SSSR count). The fraction of sp³-hybridized carbons (Fsp3) is 0.579. The van der Waals surface area contributed by atoms with E-state index in [1.165, 1.54) is 12.1 Å². The lowest BCUT2D eigenvalue weighted by atomic mass is 9.81. The first-order chi connectivity index (χ1) is 11.8. The quantitative estimate of drug-likeness (QED) is 0.859. The van der Waals surface area contributed by atoms with Crippen molar-refractivity contribution < 1.29 is 14.0 Å². The van der Waals surface area contributed by atoms with Crippen molar-refractivity contribution in [2.24, 2.45) is 11.3 Å². The summed E-state index contributed by atoms with van der Waals surface area (Å²) in [5, 5.41) is 5.83. The molecule has 6 heteroatoms. The molecule has 2 N–H and O–H groups in total. The van der Waals surface area contributed by atoms with Gasteiger partial charge in [-0.25, -0.2) is 9.18 Å². The number of piperidine rings is 1. The summed E-state index contributed by atoms with van der Waals surface area (Å²) in [6.45, 7) is 8.05. The predicted octanol–water partition coefficient (Wildman–Crippen LogP) is 2.91. The highest BCUT2D eigenvalue weighted by atomic mass is 19.1. The van der Waals surface area contributed by atoms with Crippen LogP contribution in [0.2, 0.25) is 0 Å². The third kappa shape index (κ3) is 5.44. The SMILES string of the molecule is CC(C)CNC(=O)N1CCC[C@@](C)(C(=O)NCc2ccc(F)cc2)C1. The van der Waals surface area contributed by atoms with Crippen LogP contribution in [-0.4, -0.2) is 36.5 Å². The molecule has 5 nitrogen and oxygen atoms in total. The van der Waals surface area contributed by atoms with Gasteiger partial charge in [0.05, 0.1) is 5.41 Å². The van der Waals surface area contributed by atoms with Gasteiger partial charge in [0.15, 0.2) is 0 Å². The van der Waals surface area contributed by atoms with Crippen LogP contribution in [0.25, 0.3) is 0 Å². The average Bonchev–Trinajstić information content (AvgIpc) is 2.58. The van der Waals surface area contributed by atoms with E-state index in [-0.39, 0.29) is 17.8 Å². The molecule has 138 valence electrons. The molecule has 0 aromatic heterocycles. The number of halogens is 1. The molecule has 1 aromatic rings. The Labute approximate surface area is 149 Å². The van der Waals surface area contributed by atoms with Crippen LogP contribution in [0.4, 0.5) is 9.18 Å². The maximum atomic E-state index is 12.9. The first-order valence-electron chi connectivity index (χ1n) is 8.86. The molecule has 1 atom stereocenters. The summed E-state index contributed by atoms with van der Waals surface area (Å²) < 4.78 is 12.9. The Bertz CT molecular complexity index is 603. The van der Waals surface area contributed by atoms with Gasteiger partial charge in [-0.1, -0.05) is 26.0 Å². The van der Waals surface area contributed by atoms with E-state index >= 15 is 0 Å². The number of hydrogen-bond donors (Lipinski definition) is 2. The topological polar surface area (TPSA) is 61.4 Å². The second kappa shape index (κ2) is 8.32. The Balaban J connectivity index is 1.90. The van der Waals surface area contributed by atoms with Gasteiger partial charge >= 0.3 is 6.03 Å². The normalized spacial score (nSPS) is 20.4. The van der Waals surface area contributed by atoms with E-state index < -0.39 is 5.41 Å². The standard InChI is InChI=1S/C19H28FN3O2/c1-14(2)11-22-18(25)23-10-4-9-19(3,13-23)17(24)21-12-15-5-7-16(20)8-6-15/h5-8,14H,4,9-13H2,1-3H3,(H,21,24)(H,22,25)/t19-/m1/s1. The van der Waals surface area contributed by atoms with E-state index in [9.17, 15) is 14.0 Å². The van der Waals surface area contributed by atoms with Crippen molar-refractivity contribution in [3.05, 3.63) is 35.6 Å². The average molecular weight is 349 g/mol. The Morgan fingerprint density at radius 1 is 1.24 bits per heavy atom. The van der Waals surface area contributed by atoms with Crippen molar-refractivity contribution in [3.8, 4) is 0 Å². The van der Waals surface area contributed by atoms with Crippen molar-refractivity contribution in [1.29, 1.82) is 0 Å². The van der Waals surface area contributed by atoms with E-state index in [4.69, 9.17) is 0 Å². The first-order valence-corrected chi connectivity index (χ1v) is 8.86. The summed E-state index contributed by atoms with van der Waals surface area (Å²) in [4.78, 5) is 26.6. The smallest absolute Gasteiger partial charge is 0.317 e. The summed E-state index contributed by atoms with van der Waals surface area (Å²) in [5.41, 5.74) is 0.244. The molecule has 0 unspecified atom stereocenters. The third-order valence-corrected chi connectivity index (χ3v) is 4.56. The monoisotopic (exact) mass is 349 g/mol. The molecule has 0 bridgehead atoms. The largest absolute Gasteiger partial charge is 0.351 e. The van der Waals surface area contributed by atoms with Gasteiger partial charge in [-0.2, -0.15) is 0 Å². The van der Waals surface area contributed by atoms with Gasteiger partial charge in [-0.05, 0) is 43.4 Å². The van der Waals surface area contributed by atoms with Crippen molar-refractivity contribution in [1.82, 2.24) is 15.5 Å². The lowest BCUT2D eigenvalue weighted by Crippen LogP contribution is -2.54. The number of carbonyl (C=O) groups is 2. The van der Waals surface area contributed by atoms with Gasteiger partial charge in [0, 0.05) is 26.2 Å². The van der Waals surface area contributed by atoms with Crippen LogP contribution in [0.15, 0.2) is 24.3 Å². The summed E-state index contributed by atoms with van der Waals surface area (Å²) in [6, 6.07) is 5.97. The molecule has 1 heterocycles. The molecule has 1 saturated heterocycles. The van der Waals surface area contributed by atoms with Gasteiger partial charge in [0.1, 0.15) is 5.82 Å². The number of amides is 3. The number of likely N-dealkylation sites (tertiary alicyclic amines) is 1. The predicted molar refractivity (Wildman–Crippen MR) is 95.4 cm³/mol. The molecule has 0 saturated carbocycles. The molecule has 0 aliphatic carbocycles. The lowest BCUT2D eigenvalue weighted by Gasteiger charge is -2.39. The fourth-order valence-corrected chi connectivity index (χ4v) is 3.00. The minimum absolute atomic E-state index is 0.0711. The molecule has 25 heavy (non-hydrogen) atoms. The van der Waals surface area contributed by atoms with Crippen molar-refractivity contribution in [2.45, 2.75) is 40.2 Å². The minimum atomic E-state index is -0.604. The van der Waals surface area contributed by atoms with Crippen LogP contribution in [0.5, 0.6) is 0 Å². The fourth-order valence-electron chi connectivity index (χ4n) is 3.00. The van der Waals surface area contributed by atoms with Gasteiger partial charge in [-0.15, -0.1) is 0 Å². The van der Waals surface area contributed by atoms with E-state index in [0.717, 1.165) is 18.4 Å². The van der Waals surface area contributed by atoms with E-state index in [1.807, 2.05) is 20.8 Å². The van der Waals surface area contributed by atoms with Crippen LogP contribution in [0.1, 0.15) is 39.2 Å². The summed E-state index contributed by atoms with van der Waals surface area (Å²) in [6.07, 6.45) is 1.55. The number of rotatable bonds is 5. The van der Waals surface area contributed by atoms with Crippen LogP contribution in [-0.2, 0) is 11.3 Å². The van der Waals surface area contributed by atoms with Gasteiger partial charge in [0.25, 0.3) is 0 Å². The Morgan fingerprint density at radius 3 is 2.56 bits per heavy atom. The van der Waals surface area contributed by atoms with Crippen molar-refractivity contribution in [3.63, 3.8) is 0 Å². The zero-order valence-corrected chi connectivity index (χ0v) is 15.3. The molecule has 3 amide bonds. The van der Waals surface area contributed by atoms with Crippen LogP contribution < -0.4 is 10.6 Å². The molecule has 0 radical (unpaired) electrons. The molecule has 1 aliphatic rings. The van der Waals surface area contributed by atoms with Gasteiger partial charge in [-0.3, -0.25) is 4.79 Å². The van der Waals surface area contributed by atoms with Gasteiger partial charge < -0.3 is 15.5 Å². The number of benzene rings is 1. The van der Waals surface area contributed by atoms with Crippen LogP contribution >= 0.6 is 0 Å². The third-order valence-electron chi connectivity index (χ3n) is 4.56. The Morgan fingerprint density at radius 2 is 1.92 bits per heavy atom. The number of carbonyl (C=O) groups excluding carboxylic acids is 2. The lowest BCUT2D eigenvalue weighted by molar-refractivity contribution is -0.132. The van der Waals surface area contributed by atoms with Crippen LogP contribution in [0, 0.1) is 17.2 Å². The molecule has 0 spiro atoms. The van der Waals surface area contributed by atoms with Gasteiger partial charge in [0.2, 0.25) is 5.91 Å². The maximum absolute atomic E-state index is 12.9. The second-order valence-electron chi connectivity index (χ2n) is 7.47. The highest BCUT2D eigenvalue weighted by molar-refractivity contribution is 5.84. The van der Waals surface area contributed by atoms with E-state index in [2.05, 4.69) is 10.6 Å². The maximum Gasteiger partial charge on any atom is 0.317 e. The Hall–Kier alpha value is -2.11. The Kier molecular flexibility index (Phi) is 6.39. The van der Waals surface area contributed by atoms with Crippen molar-refractivity contribution in [2.75, 3.05) is 19.6 Å². The van der Waals surface area contributed by atoms with E-state index in [1.54, 1.807) is 17.0 Å². The summed E-state index contributed by atoms with van der Waals surface area (Å²) in [7, 11) is 0. The zero-order valence-electron chi connectivity index (χ0n) is 15.3. The zero-order chi connectivity index (χ0) is 18.4. The molecule has 1 aromatic carbocycles. The van der Waals surface area contributed by atoms with E-state index in [0.29, 0.717) is 32.1 Å². The number of nitrogens with zero attached hydrogens (tertiary/aromatic N) is 1. The summed E-state index contributed by atoms with van der Waals surface area (Å²) >= 11 is 0. The highest BCUT2D eigenvalue weighted by Crippen LogP contribution is 2.30. The molecule has 1 fully saturated rings. The highest BCUT2D eigenvalue weighted by Gasteiger charge is 2.39.